The lowest BCUT2D eigenvalue weighted by Crippen LogP contribution is -1.96. The van der Waals surface area contributed by atoms with Crippen LogP contribution in [-0.4, -0.2) is 13.2 Å². The molecule has 0 bridgehead atoms. The van der Waals surface area contributed by atoms with Crippen molar-refractivity contribution < 1.29 is 4.74 Å². The van der Waals surface area contributed by atoms with Crippen molar-refractivity contribution in [2.75, 3.05) is 13.2 Å². The van der Waals surface area contributed by atoms with E-state index < -0.39 is 0 Å². The lowest BCUT2D eigenvalue weighted by Gasteiger charge is -2.04. The minimum Gasteiger partial charge on any atom is -0.373 e. The van der Waals surface area contributed by atoms with Gasteiger partial charge in [-0.2, -0.15) is 0 Å². The topological polar surface area (TPSA) is 9.23 Å². The van der Waals surface area contributed by atoms with Crippen LogP contribution in [0.15, 0.2) is 11.1 Å². The zero-order chi connectivity index (χ0) is 6.85. The molecule has 0 aliphatic carbocycles. The molecule has 9 heavy (non-hydrogen) atoms. The fraction of sp³-hybridized carbons (Fsp3) is 0.750. The van der Waals surface area contributed by atoms with Gasteiger partial charge >= 0.3 is 0 Å². The number of rotatable bonds is 1. The molecule has 1 aliphatic rings. The molecule has 0 saturated heterocycles. The van der Waals surface area contributed by atoms with Crippen LogP contribution in [0.25, 0.3) is 0 Å². The van der Waals surface area contributed by atoms with E-state index >= 15 is 0 Å². The van der Waals surface area contributed by atoms with E-state index in [1.807, 2.05) is 0 Å². The van der Waals surface area contributed by atoms with E-state index in [9.17, 15) is 0 Å². The zero-order valence-electron chi connectivity index (χ0n) is 6.40. The lowest BCUT2D eigenvalue weighted by atomic mass is 10.0. The Morgan fingerprint density at radius 2 is 2.00 bits per heavy atom. The first-order valence-corrected chi connectivity index (χ1v) is 3.48. The lowest BCUT2D eigenvalue weighted by molar-refractivity contribution is 0.201. The summed E-state index contributed by atoms with van der Waals surface area (Å²) in [5, 5.41) is 0. The average molecular weight is 126 g/mol. The van der Waals surface area contributed by atoms with Gasteiger partial charge in [0.25, 0.3) is 0 Å². The molecular formula is C8H14O. The van der Waals surface area contributed by atoms with Gasteiger partial charge in [-0.25, -0.2) is 0 Å². The molecule has 52 valence electrons. The molecule has 0 fully saturated rings. The summed E-state index contributed by atoms with van der Waals surface area (Å²) < 4.78 is 5.26. The Hall–Kier alpha value is -0.300. The largest absolute Gasteiger partial charge is 0.373 e. The maximum Gasteiger partial charge on any atom is 0.0687 e. The second-order valence-electron chi connectivity index (χ2n) is 2.95. The fourth-order valence-corrected chi connectivity index (χ4v) is 1.19. The zero-order valence-corrected chi connectivity index (χ0v) is 6.40. The predicted octanol–water partition coefficient (Wildman–Crippen LogP) is 1.99. The molecule has 0 aromatic heterocycles. The third kappa shape index (κ3) is 1.33. The van der Waals surface area contributed by atoms with Crippen molar-refractivity contribution >= 4 is 0 Å². The molecule has 0 aromatic rings. The van der Waals surface area contributed by atoms with Crippen LogP contribution >= 0.6 is 0 Å². The normalized spacial score (nSPS) is 20.0. The standard InChI is InChI=1S/C8H14O/c1-6(2)8-5-9-4-7(8)3/h6H,4-5H2,1-3H3. The van der Waals surface area contributed by atoms with E-state index in [4.69, 9.17) is 4.74 Å². The smallest absolute Gasteiger partial charge is 0.0687 e. The Kier molecular flexibility index (Phi) is 1.91. The molecule has 0 unspecified atom stereocenters. The van der Waals surface area contributed by atoms with Crippen molar-refractivity contribution in [3.63, 3.8) is 0 Å². The molecule has 1 heterocycles. The van der Waals surface area contributed by atoms with E-state index in [-0.39, 0.29) is 0 Å². The molecule has 1 aliphatic heterocycles. The van der Waals surface area contributed by atoms with Gasteiger partial charge in [0.05, 0.1) is 13.2 Å². The Morgan fingerprint density at radius 3 is 2.22 bits per heavy atom. The summed E-state index contributed by atoms with van der Waals surface area (Å²) in [6.45, 7) is 8.31. The van der Waals surface area contributed by atoms with E-state index in [2.05, 4.69) is 20.8 Å². The molecule has 0 spiro atoms. The Morgan fingerprint density at radius 1 is 1.33 bits per heavy atom. The van der Waals surface area contributed by atoms with Gasteiger partial charge in [-0.05, 0) is 24.0 Å². The first-order valence-electron chi connectivity index (χ1n) is 3.48. The molecule has 1 rings (SSSR count). The van der Waals surface area contributed by atoms with Crippen LogP contribution in [0.4, 0.5) is 0 Å². The average Bonchev–Trinajstić information content (AvgIpc) is 2.13. The van der Waals surface area contributed by atoms with Crippen LogP contribution in [0, 0.1) is 5.92 Å². The first kappa shape index (κ1) is 6.81. The SMILES string of the molecule is CC1=C(C(C)C)COC1. The molecule has 0 saturated carbocycles. The van der Waals surface area contributed by atoms with Gasteiger partial charge < -0.3 is 4.74 Å². The number of hydrogen-bond donors (Lipinski definition) is 0. The van der Waals surface area contributed by atoms with Gasteiger partial charge in [0.2, 0.25) is 0 Å². The van der Waals surface area contributed by atoms with Gasteiger partial charge in [-0.15, -0.1) is 0 Å². The second-order valence-corrected chi connectivity index (χ2v) is 2.95. The number of hydrogen-bond acceptors (Lipinski definition) is 1. The van der Waals surface area contributed by atoms with E-state index in [1.54, 1.807) is 0 Å². The molecular weight excluding hydrogens is 112 g/mol. The maximum absolute atomic E-state index is 5.26. The van der Waals surface area contributed by atoms with Crippen molar-refractivity contribution in [3.05, 3.63) is 11.1 Å². The van der Waals surface area contributed by atoms with Gasteiger partial charge in [0.15, 0.2) is 0 Å². The van der Waals surface area contributed by atoms with Crippen LogP contribution in [0.1, 0.15) is 20.8 Å². The first-order chi connectivity index (χ1) is 4.22. The van der Waals surface area contributed by atoms with Crippen LogP contribution in [0.5, 0.6) is 0 Å². The highest BCUT2D eigenvalue weighted by Crippen LogP contribution is 2.20. The van der Waals surface area contributed by atoms with Gasteiger partial charge in [-0.1, -0.05) is 13.8 Å². The highest BCUT2D eigenvalue weighted by molar-refractivity contribution is 5.18. The summed E-state index contributed by atoms with van der Waals surface area (Å²) in [7, 11) is 0. The molecule has 1 nitrogen and oxygen atoms in total. The Labute approximate surface area is 56.7 Å². The van der Waals surface area contributed by atoms with Gasteiger partial charge in [0.1, 0.15) is 0 Å². The van der Waals surface area contributed by atoms with E-state index in [0.717, 1.165) is 13.2 Å². The van der Waals surface area contributed by atoms with Crippen molar-refractivity contribution in [1.29, 1.82) is 0 Å². The summed E-state index contributed by atoms with van der Waals surface area (Å²) >= 11 is 0. The van der Waals surface area contributed by atoms with Crippen molar-refractivity contribution in [2.45, 2.75) is 20.8 Å². The Bertz CT molecular complexity index is 134. The van der Waals surface area contributed by atoms with Crippen LogP contribution in [0.3, 0.4) is 0 Å². The minimum absolute atomic E-state index is 0.674. The van der Waals surface area contributed by atoms with Crippen molar-refractivity contribution in [1.82, 2.24) is 0 Å². The van der Waals surface area contributed by atoms with E-state index in [0.29, 0.717) is 5.92 Å². The van der Waals surface area contributed by atoms with Gasteiger partial charge in [-0.3, -0.25) is 0 Å². The summed E-state index contributed by atoms with van der Waals surface area (Å²) in [6, 6.07) is 0. The molecule has 0 amide bonds. The molecule has 1 heteroatoms. The fourth-order valence-electron chi connectivity index (χ4n) is 1.19. The summed E-state index contributed by atoms with van der Waals surface area (Å²) in [5.41, 5.74) is 2.93. The molecule has 0 N–H and O–H groups in total. The van der Waals surface area contributed by atoms with Crippen molar-refractivity contribution in [2.24, 2.45) is 5.92 Å². The summed E-state index contributed by atoms with van der Waals surface area (Å²) in [6.07, 6.45) is 0. The third-order valence-corrected chi connectivity index (χ3v) is 1.82. The monoisotopic (exact) mass is 126 g/mol. The Balaban J connectivity index is 2.66. The second kappa shape index (κ2) is 2.53. The highest BCUT2D eigenvalue weighted by Gasteiger charge is 2.13. The highest BCUT2D eigenvalue weighted by atomic mass is 16.5. The molecule has 0 radical (unpaired) electrons. The number of ether oxygens (including phenoxy) is 1. The summed E-state index contributed by atoms with van der Waals surface area (Å²) in [5.74, 6) is 0.674. The quantitative estimate of drug-likeness (QED) is 0.488. The van der Waals surface area contributed by atoms with E-state index in [1.165, 1.54) is 11.1 Å². The minimum atomic E-state index is 0.674. The third-order valence-electron chi connectivity index (χ3n) is 1.82. The van der Waals surface area contributed by atoms with Crippen LogP contribution in [0.2, 0.25) is 0 Å². The summed E-state index contributed by atoms with van der Waals surface area (Å²) in [4.78, 5) is 0. The predicted molar refractivity (Wildman–Crippen MR) is 38.4 cm³/mol. The molecule has 0 aromatic carbocycles. The molecule has 0 atom stereocenters. The van der Waals surface area contributed by atoms with Crippen molar-refractivity contribution in [3.8, 4) is 0 Å². The van der Waals surface area contributed by atoms with Gasteiger partial charge in [0, 0.05) is 0 Å². The maximum atomic E-state index is 5.26. The van der Waals surface area contributed by atoms with Crippen LogP contribution < -0.4 is 0 Å². The van der Waals surface area contributed by atoms with Crippen LogP contribution in [-0.2, 0) is 4.74 Å².